The van der Waals surface area contributed by atoms with Crippen molar-refractivity contribution in [2.45, 2.75) is 20.3 Å². The van der Waals surface area contributed by atoms with Gasteiger partial charge >= 0.3 is 0 Å². The topological polar surface area (TPSA) is 0 Å². The summed E-state index contributed by atoms with van der Waals surface area (Å²) in [7, 11) is 0. The first-order valence-corrected chi connectivity index (χ1v) is 5.99. The monoisotopic (exact) mass is 198 g/mol. The quantitative estimate of drug-likeness (QED) is 0.554. The fourth-order valence-corrected chi connectivity index (χ4v) is 3.51. The van der Waals surface area contributed by atoms with Gasteiger partial charge in [0.05, 0.1) is 0 Å². The second-order valence-electron chi connectivity index (χ2n) is 5.20. The summed E-state index contributed by atoms with van der Waals surface area (Å²) in [4.78, 5) is 0. The predicted molar refractivity (Wildman–Crippen MR) is 64.4 cm³/mol. The Morgan fingerprint density at radius 2 is 1.80 bits per heavy atom. The molecule has 0 N–H and O–H groups in total. The van der Waals surface area contributed by atoms with E-state index in [0.717, 1.165) is 23.7 Å². The smallest absolute Gasteiger partial charge is 0.00910 e. The highest BCUT2D eigenvalue weighted by molar-refractivity contribution is 5.36. The Balaban J connectivity index is 2.01. The van der Waals surface area contributed by atoms with Crippen LogP contribution in [0.2, 0.25) is 0 Å². The van der Waals surface area contributed by atoms with Crippen LogP contribution >= 0.6 is 0 Å². The lowest BCUT2D eigenvalue weighted by Gasteiger charge is -2.23. The molecule has 3 aliphatic rings. The highest BCUT2D eigenvalue weighted by Gasteiger charge is 2.42. The largest absolute Gasteiger partial charge is 0.0802 e. The molecule has 0 saturated heterocycles. The van der Waals surface area contributed by atoms with Crippen LogP contribution in [0.5, 0.6) is 0 Å². The molecule has 0 heteroatoms. The highest BCUT2D eigenvalue weighted by Crippen LogP contribution is 2.51. The Kier molecular flexibility index (Phi) is 1.98. The third-order valence-corrected chi connectivity index (χ3v) is 4.32. The number of hydrogen-bond donors (Lipinski definition) is 0. The van der Waals surface area contributed by atoms with Crippen LogP contribution in [-0.2, 0) is 0 Å². The van der Waals surface area contributed by atoms with Gasteiger partial charge in [0.25, 0.3) is 0 Å². The fourth-order valence-electron chi connectivity index (χ4n) is 3.51. The molecule has 1 saturated carbocycles. The molecule has 0 aromatic carbocycles. The molecule has 4 atom stereocenters. The SMILES string of the molecule is CC1=CC=C2C(C)C3C=CC=CC3C2C1. The summed E-state index contributed by atoms with van der Waals surface area (Å²) in [5.74, 6) is 3.05. The first-order valence-electron chi connectivity index (χ1n) is 5.99. The van der Waals surface area contributed by atoms with E-state index < -0.39 is 0 Å². The maximum atomic E-state index is 2.42. The average molecular weight is 198 g/mol. The van der Waals surface area contributed by atoms with E-state index >= 15 is 0 Å². The maximum Gasteiger partial charge on any atom is -0.00910 e. The van der Waals surface area contributed by atoms with E-state index in [4.69, 9.17) is 0 Å². The molecule has 0 nitrogen and oxygen atoms in total. The van der Waals surface area contributed by atoms with Crippen molar-refractivity contribution < 1.29 is 0 Å². The fraction of sp³-hybridized carbons (Fsp3) is 0.467. The van der Waals surface area contributed by atoms with E-state index in [1.807, 2.05) is 0 Å². The lowest BCUT2D eigenvalue weighted by atomic mass is 9.81. The van der Waals surface area contributed by atoms with Gasteiger partial charge in [-0.15, -0.1) is 0 Å². The van der Waals surface area contributed by atoms with Gasteiger partial charge in [-0.2, -0.15) is 0 Å². The van der Waals surface area contributed by atoms with Crippen molar-refractivity contribution >= 4 is 0 Å². The van der Waals surface area contributed by atoms with E-state index in [-0.39, 0.29) is 0 Å². The zero-order valence-electron chi connectivity index (χ0n) is 9.48. The van der Waals surface area contributed by atoms with Crippen LogP contribution < -0.4 is 0 Å². The summed E-state index contributed by atoms with van der Waals surface area (Å²) in [5, 5.41) is 0. The van der Waals surface area contributed by atoms with Crippen LogP contribution in [0.15, 0.2) is 47.6 Å². The molecule has 3 aliphatic carbocycles. The van der Waals surface area contributed by atoms with Crippen LogP contribution in [0.25, 0.3) is 0 Å². The molecular weight excluding hydrogens is 180 g/mol. The second-order valence-corrected chi connectivity index (χ2v) is 5.20. The van der Waals surface area contributed by atoms with E-state index in [2.05, 4.69) is 50.3 Å². The lowest BCUT2D eigenvalue weighted by Crippen LogP contribution is -2.15. The minimum Gasteiger partial charge on any atom is -0.0802 e. The first-order chi connectivity index (χ1) is 7.27. The third-order valence-electron chi connectivity index (χ3n) is 4.32. The Labute approximate surface area is 92.1 Å². The zero-order chi connectivity index (χ0) is 10.4. The van der Waals surface area contributed by atoms with Gasteiger partial charge in [0.2, 0.25) is 0 Å². The first kappa shape index (κ1) is 9.21. The molecule has 0 aromatic rings. The summed E-state index contributed by atoms with van der Waals surface area (Å²) in [6, 6.07) is 0. The Hall–Kier alpha value is -1.04. The summed E-state index contributed by atoms with van der Waals surface area (Å²) < 4.78 is 0. The Morgan fingerprint density at radius 1 is 1.07 bits per heavy atom. The highest BCUT2D eigenvalue weighted by atomic mass is 14.5. The van der Waals surface area contributed by atoms with Crippen molar-refractivity contribution in [1.82, 2.24) is 0 Å². The zero-order valence-corrected chi connectivity index (χ0v) is 9.48. The van der Waals surface area contributed by atoms with Gasteiger partial charge in [-0.05, 0) is 37.0 Å². The molecular formula is C15H18. The van der Waals surface area contributed by atoms with Crippen LogP contribution in [-0.4, -0.2) is 0 Å². The van der Waals surface area contributed by atoms with Gasteiger partial charge in [-0.3, -0.25) is 0 Å². The van der Waals surface area contributed by atoms with Crippen molar-refractivity contribution in [1.29, 1.82) is 0 Å². The molecule has 0 aromatic heterocycles. The number of hydrogen-bond acceptors (Lipinski definition) is 0. The van der Waals surface area contributed by atoms with Gasteiger partial charge in [0, 0.05) is 0 Å². The van der Waals surface area contributed by atoms with Gasteiger partial charge in [0.1, 0.15) is 0 Å². The molecule has 0 amide bonds. The summed E-state index contributed by atoms with van der Waals surface area (Å²) in [6.45, 7) is 4.65. The molecule has 0 radical (unpaired) electrons. The minimum atomic E-state index is 0.741. The van der Waals surface area contributed by atoms with Gasteiger partial charge in [0.15, 0.2) is 0 Å². The van der Waals surface area contributed by atoms with Crippen LogP contribution in [0.1, 0.15) is 20.3 Å². The van der Waals surface area contributed by atoms with Crippen LogP contribution in [0, 0.1) is 23.7 Å². The molecule has 0 aliphatic heterocycles. The normalized spacial score (nSPS) is 42.0. The van der Waals surface area contributed by atoms with E-state index in [1.165, 1.54) is 6.42 Å². The molecule has 3 rings (SSSR count). The maximum absolute atomic E-state index is 2.42. The molecule has 0 spiro atoms. The standard InChI is InChI=1S/C15H18/c1-10-7-8-13-11(2)12-5-3-4-6-14(12)15(13)9-10/h3-8,11-12,14-15H,9H2,1-2H3. The molecule has 78 valence electrons. The van der Waals surface area contributed by atoms with Crippen LogP contribution in [0.3, 0.4) is 0 Å². The van der Waals surface area contributed by atoms with Crippen molar-refractivity contribution in [2.24, 2.45) is 23.7 Å². The van der Waals surface area contributed by atoms with Crippen molar-refractivity contribution in [3.05, 3.63) is 47.6 Å². The Morgan fingerprint density at radius 3 is 2.60 bits per heavy atom. The summed E-state index contributed by atoms with van der Waals surface area (Å²) >= 11 is 0. The number of allylic oxidation sites excluding steroid dienone is 8. The minimum absolute atomic E-state index is 0.741. The Bertz CT molecular complexity index is 392. The summed E-state index contributed by atoms with van der Waals surface area (Å²) in [6.07, 6.45) is 15.2. The lowest BCUT2D eigenvalue weighted by molar-refractivity contribution is 0.410. The number of fused-ring (bicyclic) bond motifs is 3. The van der Waals surface area contributed by atoms with Crippen molar-refractivity contribution in [3.8, 4) is 0 Å². The molecule has 4 unspecified atom stereocenters. The van der Waals surface area contributed by atoms with Gasteiger partial charge in [-0.1, -0.05) is 54.5 Å². The third kappa shape index (κ3) is 1.27. The summed E-state index contributed by atoms with van der Waals surface area (Å²) in [5.41, 5.74) is 3.23. The van der Waals surface area contributed by atoms with E-state index in [9.17, 15) is 0 Å². The van der Waals surface area contributed by atoms with E-state index in [0.29, 0.717) is 0 Å². The molecule has 15 heavy (non-hydrogen) atoms. The molecule has 0 bridgehead atoms. The molecule has 1 fully saturated rings. The average Bonchev–Trinajstić information content (AvgIpc) is 2.54. The van der Waals surface area contributed by atoms with Crippen molar-refractivity contribution in [2.75, 3.05) is 0 Å². The van der Waals surface area contributed by atoms with E-state index in [1.54, 1.807) is 11.1 Å². The van der Waals surface area contributed by atoms with Crippen molar-refractivity contribution in [3.63, 3.8) is 0 Å². The number of rotatable bonds is 0. The second kappa shape index (κ2) is 3.23. The molecule has 0 heterocycles. The van der Waals surface area contributed by atoms with Crippen LogP contribution in [0.4, 0.5) is 0 Å². The predicted octanol–water partition coefficient (Wildman–Crippen LogP) is 3.89. The van der Waals surface area contributed by atoms with Gasteiger partial charge < -0.3 is 0 Å². The van der Waals surface area contributed by atoms with Gasteiger partial charge in [-0.25, -0.2) is 0 Å².